The molecule has 29 heavy (non-hydrogen) atoms. The number of Topliss-reactive ketones (excluding diaryl/α,β-unsaturated/α-hetero) is 1. The van der Waals surface area contributed by atoms with E-state index in [1.807, 2.05) is 30.3 Å². The van der Waals surface area contributed by atoms with Gasteiger partial charge in [0.1, 0.15) is 18.4 Å². The van der Waals surface area contributed by atoms with E-state index in [1.165, 1.54) is 0 Å². The molecule has 0 aromatic heterocycles. The van der Waals surface area contributed by atoms with Gasteiger partial charge in [0, 0.05) is 25.8 Å². The van der Waals surface area contributed by atoms with Gasteiger partial charge in [-0.05, 0) is 24.8 Å². The number of benzene rings is 1. The van der Waals surface area contributed by atoms with E-state index >= 15 is 0 Å². The standard InChI is InChI=1S/C21H31N3O5/c1-2-17(25)12-13-18(20(22)27)24-19(26)11-7-4-8-14-23-21(28)29-15-16-9-5-3-6-10-16/h3,5-6,9-10,18H,2,4,7-8,11-15H2,1H3,(H2,22,27)(H,23,28)(H,24,26)/t18-/m1/s1. The summed E-state index contributed by atoms with van der Waals surface area (Å²) in [5.74, 6) is -0.881. The minimum atomic E-state index is -0.820. The Morgan fingerprint density at radius 2 is 1.76 bits per heavy atom. The van der Waals surface area contributed by atoms with Gasteiger partial charge in [0.25, 0.3) is 0 Å². The van der Waals surface area contributed by atoms with E-state index < -0.39 is 18.0 Å². The molecule has 0 bridgehead atoms. The number of hydrogen-bond acceptors (Lipinski definition) is 5. The lowest BCUT2D eigenvalue weighted by molar-refractivity contribution is -0.128. The molecule has 0 spiro atoms. The number of ketones is 1. The molecular formula is C21H31N3O5. The largest absolute Gasteiger partial charge is 0.445 e. The summed E-state index contributed by atoms with van der Waals surface area (Å²) in [5.41, 5.74) is 6.20. The van der Waals surface area contributed by atoms with Crippen LogP contribution in [0.5, 0.6) is 0 Å². The third-order valence-electron chi connectivity index (χ3n) is 4.35. The minimum Gasteiger partial charge on any atom is -0.445 e. The fourth-order valence-electron chi connectivity index (χ4n) is 2.59. The van der Waals surface area contributed by atoms with Crippen molar-refractivity contribution in [3.63, 3.8) is 0 Å². The van der Waals surface area contributed by atoms with Gasteiger partial charge in [0.15, 0.2) is 0 Å². The number of unbranched alkanes of at least 4 members (excludes halogenated alkanes) is 2. The van der Waals surface area contributed by atoms with Gasteiger partial charge in [-0.1, -0.05) is 43.7 Å². The normalized spacial score (nSPS) is 11.3. The van der Waals surface area contributed by atoms with Gasteiger partial charge in [-0.15, -0.1) is 0 Å². The van der Waals surface area contributed by atoms with Crippen molar-refractivity contribution in [3.8, 4) is 0 Å². The number of hydrogen-bond donors (Lipinski definition) is 3. The Balaban J connectivity index is 2.10. The maximum Gasteiger partial charge on any atom is 0.407 e. The van der Waals surface area contributed by atoms with Crippen molar-refractivity contribution in [2.45, 2.75) is 64.5 Å². The highest BCUT2D eigenvalue weighted by Crippen LogP contribution is 2.04. The van der Waals surface area contributed by atoms with Crippen molar-refractivity contribution in [2.24, 2.45) is 5.73 Å². The van der Waals surface area contributed by atoms with Crippen LogP contribution >= 0.6 is 0 Å². The average molecular weight is 405 g/mol. The predicted molar refractivity (Wildman–Crippen MR) is 109 cm³/mol. The van der Waals surface area contributed by atoms with Crippen molar-refractivity contribution in [1.29, 1.82) is 0 Å². The molecule has 8 nitrogen and oxygen atoms in total. The smallest absolute Gasteiger partial charge is 0.407 e. The van der Waals surface area contributed by atoms with Crippen molar-refractivity contribution in [3.05, 3.63) is 35.9 Å². The van der Waals surface area contributed by atoms with Gasteiger partial charge in [0.05, 0.1) is 0 Å². The summed E-state index contributed by atoms with van der Waals surface area (Å²) in [6, 6.07) is 8.59. The molecule has 1 rings (SSSR count). The maximum atomic E-state index is 11.9. The summed E-state index contributed by atoms with van der Waals surface area (Å²) in [5, 5.41) is 5.25. The summed E-state index contributed by atoms with van der Waals surface area (Å²) in [4.78, 5) is 46.3. The molecule has 0 radical (unpaired) electrons. The fourth-order valence-corrected chi connectivity index (χ4v) is 2.59. The zero-order valence-corrected chi connectivity index (χ0v) is 16.9. The van der Waals surface area contributed by atoms with E-state index in [0.29, 0.717) is 25.8 Å². The van der Waals surface area contributed by atoms with Crippen molar-refractivity contribution in [2.75, 3.05) is 6.54 Å². The van der Waals surface area contributed by atoms with Gasteiger partial charge in [0.2, 0.25) is 11.8 Å². The van der Waals surface area contributed by atoms with Gasteiger partial charge in [-0.2, -0.15) is 0 Å². The Hall–Kier alpha value is -2.90. The Kier molecular flexibility index (Phi) is 11.8. The molecule has 1 atom stereocenters. The number of ether oxygens (including phenoxy) is 1. The third-order valence-corrected chi connectivity index (χ3v) is 4.35. The summed E-state index contributed by atoms with van der Waals surface area (Å²) in [7, 11) is 0. The Bertz CT molecular complexity index is 664. The number of rotatable bonds is 14. The average Bonchev–Trinajstić information content (AvgIpc) is 2.72. The van der Waals surface area contributed by atoms with Crippen LogP contribution in [-0.4, -0.2) is 36.3 Å². The number of primary amides is 1. The SMILES string of the molecule is CCC(=O)CC[C@@H](NC(=O)CCCCCNC(=O)OCc1ccccc1)C(N)=O. The molecule has 1 aromatic rings. The second-order valence-electron chi connectivity index (χ2n) is 6.75. The molecule has 4 N–H and O–H groups in total. The van der Waals surface area contributed by atoms with Crippen LogP contribution in [-0.2, 0) is 25.7 Å². The molecule has 0 fully saturated rings. The molecule has 0 heterocycles. The van der Waals surface area contributed by atoms with Crippen LogP contribution in [0.4, 0.5) is 4.79 Å². The minimum absolute atomic E-state index is 0.0281. The second-order valence-corrected chi connectivity index (χ2v) is 6.75. The Morgan fingerprint density at radius 1 is 1.03 bits per heavy atom. The lowest BCUT2D eigenvalue weighted by atomic mass is 10.1. The molecule has 0 aliphatic carbocycles. The highest BCUT2D eigenvalue weighted by Gasteiger charge is 2.18. The maximum absolute atomic E-state index is 11.9. The lowest BCUT2D eigenvalue weighted by Gasteiger charge is -2.15. The van der Waals surface area contributed by atoms with Crippen molar-refractivity contribution >= 4 is 23.7 Å². The van der Waals surface area contributed by atoms with Crippen molar-refractivity contribution in [1.82, 2.24) is 10.6 Å². The molecule has 0 unspecified atom stereocenters. The van der Waals surface area contributed by atoms with Crippen LogP contribution < -0.4 is 16.4 Å². The van der Waals surface area contributed by atoms with E-state index in [-0.39, 0.29) is 37.6 Å². The van der Waals surface area contributed by atoms with E-state index in [2.05, 4.69) is 10.6 Å². The van der Waals surface area contributed by atoms with E-state index in [0.717, 1.165) is 12.0 Å². The molecule has 8 heteroatoms. The van der Waals surface area contributed by atoms with Gasteiger partial charge in [-0.25, -0.2) is 4.79 Å². The van der Waals surface area contributed by atoms with Crippen molar-refractivity contribution < 1.29 is 23.9 Å². The predicted octanol–water partition coefficient (Wildman–Crippen LogP) is 2.20. The number of nitrogens with two attached hydrogens (primary N) is 1. The zero-order valence-electron chi connectivity index (χ0n) is 16.9. The molecule has 1 aromatic carbocycles. The van der Waals surface area contributed by atoms with Crippen LogP contribution in [0.2, 0.25) is 0 Å². The summed E-state index contributed by atoms with van der Waals surface area (Å²) in [6.45, 7) is 2.42. The lowest BCUT2D eigenvalue weighted by Crippen LogP contribution is -2.44. The van der Waals surface area contributed by atoms with E-state index in [9.17, 15) is 19.2 Å². The van der Waals surface area contributed by atoms with Gasteiger partial charge < -0.3 is 21.1 Å². The molecule has 0 saturated carbocycles. The number of amides is 3. The second kappa shape index (κ2) is 14.1. The fraction of sp³-hybridized carbons (Fsp3) is 0.524. The van der Waals surface area contributed by atoms with E-state index in [1.54, 1.807) is 6.92 Å². The van der Waals surface area contributed by atoms with Gasteiger partial charge in [-0.3, -0.25) is 14.4 Å². The molecule has 0 aliphatic heterocycles. The number of carbonyl (C=O) groups excluding carboxylic acids is 4. The highest BCUT2D eigenvalue weighted by molar-refractivity contribution is 5.87. The first-order chi connectivity index (χ1) is 13.9. The quantitative estimate of drug-likeness (QED) is 0.409. The first-order valence-corrected chi connectivity index (χ1v) is 9.97. The monoisotopic (exact) mass is 405 g/mol. The van der Waals surface area contributed by atoms with E-state index in [4.69, 9.17) is 10.5 Å². The summed E-state index contributed by atoms with van der Waals surface area (Å²) >= 11 is 0. The summed E-state index contributed by atoms with van der Waals surface area (Å²) in [6.07, 6.45) is 2.68. The Labute approximate surface area is 171 Å². The van der Waals surface area contributed by atoms with Crippen LogP contribution in [0.3, 0.4) is 0 Å². The number of alkyl carbamates (subject to hydrolysis) is 1. The Morgan fingerprint density at radius 3 is 2.41 bits per heavy atom. The number of nitrogens with one attached hydrogen (secondary N) is 2. The highest BCUT2D eigenvalue weighted by atomic mass is 16.5. The topological polar surface area (TPSA) is 128 Å². The van der Waals surface area contributed by atoms with Crippen LogP contribution in [0.1, 0.15) is 57.4 Å². The molecular weight excluding hydrogens is 374 g/mol. The molecule has 160 valence electrons. The third kappa shape index (κ3) is 11.5. The van der Waals surface area contributed by atoms with Crippen LogP contribution in [0.15, 0.2) is 30.3 Å². The van der Waals surface area contributed by atoms with Crippen LogP contribution in [0.25, 0.3) is 0 Å². The van der Waals surface area contributed by atoms with Crippen LogP contribution in [0, 0.1) is 0 Å². The first-order valence-electron chi connectivity index (χ1n) is 9.97. The zero-order chi connectivity index (χ0) is 21.5. The molecule has 0 saturated heterocycles. The first kappa shape index (κ1) is 24.1. The molecule has 0 aliphatic rings. The van der Waals surface area contributed by atoms with Gasteiger partial charge >= 0.3 is 6.09 Å². The molecule has 3 amide bonds. The number of carbonyl (C=O) groups is 4. The summed E-state index contributed by atoms with van der Waals surface area (Å²) < 4.78 is 5.10.